The summed E-state index contributed by atoms with van der Waals surface area (Å²) in [5.41, 5.74) is 8.56. The average Bonchev–Trinajstić information content (AvgIpc) is 3.62. The van der Waals surface area contributed by atoms with Crippen molar-refractivity contribution >= 4 is 22.8 Å². The Morgan fingerprint density at radius 2 is 1.79 bits per heavy atom. The topological polar surface area (TPSA) is 123 Å². The van der Waals surface area contributed by atoms with Gasteiger partial charge in [0.15, 0.2) is 5.82 Å². The average molecular weight is 456 g/mol. The van der Waals surface area contributed by atoms with Crippen LogP contribution in [0, 0.1) is 0 Å². The molecule has 3 heterocycles. The van der Waals surface area contributed by atoms with Crippen molar-refractivity contribution in [3.8, 4) is 11.4 Å². The van der Waals surface area contributed by atoms with E-state index in [2.05, 4.69) is 24.7 Å². The van der Waals surface area contributed by atoms with E-state index in [4.69, 9.17) is 5.73 Å². The summed E-state index contributed by atoms with van der Waals surface area (Å²) in [5, 5.41) is 8.86. The molecule has 0 radical (unpaired) electrons. The number of imidazole rings is 1. The van der Waals surface area contributed by atoms with Gasteiger partial charge in [0.05, 0.1) is 17.6 Å². The van der Waals surface area contributed by atoms with E-state index in [9.17, 15) is 9.59 Å². The predicted molar refractivity (Wildman–Crippen MR) is 126 cm³/mol. The van der Waals surface area contributed by atoms with E-state index in [-0.39, 0.29) is 5.91 Å². The van der Waals surface area contributed by atoms with Gasteiger partial charge in [-0.15, -0.1) is 10.2 Å². The number of benzene rings is 2. The van der Waals surface area contributed by atoms with Gasteiger partial charge in [-0.1, -0.05) is 31.0 Å². The summed E-state index contributed by atoms with van der Waals surface area (Å²) in [5.74, 6) is 2.54. The molecule has 2 amide bonds. The van der Waals surface area contributed by atoms with Crippen molar-refractivity contribution < 1.29 is 9.59 Å². The van der Waals surface area contributed by atoms with Crippen LogP contribution in [-0.4, -0.2) is 48.0 Å². The number of amides is 2. The Kier molecular flexibility index (Phi) is 4.90. The summed E-state index contributed by atoms with van der Waals surface area (Å²) < 4.78 is 2.21. The number of aromatic nitrogens is 5. The molecule has 9 nitrogen and oxygen atoms in total. The monoisotopic (exact) mass is 455 g/mol. The fourth-order valence-electron chi connectivity index (χ4n) is 5.16. The maximum Gasteiger partial charge on any atom is 0.254 e. The third-order valence-electron chi connectivity index (χ3n) is 6.97. The lowest BCUT2D eigenvalue weighted by atomic mass is 10.1. The molecular formula is C25H25N7O2. The first-order chi connectivity index (χ1) is 16.6. The third kappa shape index (κ3) is 3.44. The number of primary amides is 1. The molecule has 172 valence electrons. The van der Waals surface area contributed by atoms with Gasteiger partial charge in [0, 0.05) is 30.1 Å². The molecule has 9 heteroatoms. The Bertz CT molecular complexity index is 1400. The van der Waals surface area contributed by atoms with Crippen molar-refractivity contribution in [1.29, 1.82) is 0 Å². The van der Waals surface area contributed by atoms with Gasteiger partial charge in [-0.05, 0) is 37.1 Å². The molecule has 6 rings (SSSR count). The SMILES string of the molecule is NC(=O)c1cccc2[nH]c(-c3ccc(C(=O)N4CCn5c(nnc5C5CCCC5)C4)cc3)nc12. The molecule has 0 spiro atoms. The normalized spacial score (nSPS) is 16.2. The van der Waals surface area contributed by atoms with E-state index in [1.54, 1.807) is 12.1 Å². The van der Waals surface area contributed by atoms with Crippen LogP contribution in [0.3, 0.4) is 0 Å². The second kappa shape index (κ2) is 8.09. The highest BCUT2D eigenvalue weighted by Crippen LogP contribution is 2.34. The number of nitrogens with two attached hydrogens (primary N) is 1. The lowest BCUT2D eigenvalue weighted by molar-refractivity contribution is 0.0706. The summed E-state index contributed by atoms with van der Waals surface area (Å²) in [6, 6.07) is 12.6. The van der Waals surface area contributed by atoms with E-state index < -0.39 is 5.91 Å². The lowest BCUT2D eigenvalue weighted by Crippen LogP contribution is -2.38. The molecule has 4 aromatic rings. The number of nitrogens with zero attached hydrogens (tertiary/aromatic N) is 5. The molecule has 3 N–H and O–H groups in total. The second-order valence-electron chi connectivity index (χ2n) is 9.06. The number of hydrogen-bond acceptors (Lipinski definition) is 5. The number of H-pyrrole nitrogens is 1. The fourth-order valence-corrected chi connectivity index (χ4v) is 5.16. The van der Waals surface area contributed by atoms with Gasteiger partial charge in [0.25, 0.3) is 11.8 Å². The number of fused-ring (bicyclic) bond motifs is 2. The van der Waals surface area contributed by atoms with Crippen molar-refractivity contribution in [3.05, 3.63) is 65.2 Å². The van der Waals surface area contributed by atoms with Crippen LogP contribution in [0.2, 0.25) is 0 Å². The van der Waals surface area contributed by atoms with Gasteiger partial charge >= 0.3 is 0 Å². The molecule has 2 aromatic carbocycles. The molecular weight excluding hydrogens is 430 g/mol. The zero-order valence-electron chi connectivity index (χ0n) is 18.7. The van der Waals surface area contributed by atoms with Crippen LogP contribution in [0.25, 0.3) is 22.4 Å². The smallest absolute Gasteiger partial charge is 0.254 e. The first-order valence-corrected chi connectivity index (χ1v) is 11.7. The number of carbonyl (C=O) groups is 2. The standard InChI is InChI=1S/C25H25N7O2/c26-22(33)18-6-3-7-19-21(18)28-23(27-19)15-8-10-17(11-9-15)25(34)31-12-13-32-20(14-31)29-30-24(32)16-4-1-2-5-16/h3,6-11,16H,1-2,4-5,12-14H2,(H2,26,33)(H,27,28). The molecule has 0 saturated heterocycles. The quantitative estimate of drug-likeness (QED) is 0.489. The van der Waals surface area contributed by atoms with E-state index in [1.165, 1.54) is 25.7 Å². The Labute approximate surface area is 196 Å². The van der Waals surface area contributed by atoms with Gasteiger partial charge in [-0.3, -0.25) is 9.59 Å². The van der Waals surface area contributed by atoms with Gasteiger partial charge in [0.2, 0.25) is 0 Å². The Morgan fingerprint density at radius 3 is 2.56 bits per heavy atom. The highest BCUT2D eigenvalue weighted by atomic mass is 16.2. The van der Waals surface area contributed by atoms with Gasteiger partial charge < -0.3 is 20.2 Å². The molecule has 34 heavy (non-hydrogen) atoms. The molecule has 0 bridgehead atoms. The molecule has 0 atom stereocenters. The molecule has 1 aliphatic heterocycles. The Morgan fingerprint density at radius 1 is 1.00 bits per heavy atom. The predicted octanol–water partition coefficient (Wildman–Crippen LogP) is 3.23. The molecule has 2 aromatic heterocycles. The van der Waals surface area contributed by atoms with E-state index in [1.807, 2.05) is 35.2 Å². The minimum atomic E-state index is -0.516. The largest absolute Gasteiger partial charge is 0.366 e. The van der Waals surface area contributed by atoms with Gasteiger partial charge in [0.1, 0.15) is 17.2 Å². The maximum absolute atomic E-state index is 13.2. The van der Waals surface area contributed by atoms with E-state index in [0.717, 1.165) is 29.3 Å². The van der Waals surface area contributed by atoms with Crippen LogP contribution in [0.15, 0.2) is 42.5 Å². The molecule has 0 unspecified atom stereocenters. The van der Waals surface area contributed by atoms with Crippen molar-refractivity contribution in [2.45, 2.75) is 44.7 Å². The van der Waals surface area contributed by atoms with Crippen molar-refractivity contribution in [2.24, 2.45) is 5.73 Å². The second-order valence-corrected chi connectivity index (χ2v) is 9.06. The summed E-state index contributed by atoms with van der Waals surface area (Å²) in [7, 11) is 0. The first kappa shape index (κ1) is 20.6. The van der Waals surface area contributed by atoms with Crippen LogP contribution in [0.4, 0.5) is 0 Å². The number of para-hydroxylation sites is 1. The highest BCUT2D eigenvalue weighted by molar-refractivity contribution is 6.04. The molecule has 1 fully saturated rings. The summed E-state index contributed by atoms with van der Waals surface area (Å²) in [6.45, 7) is 1.85. The molecule has 1 saturated carbocycles. The minimum absolute atomic E-state index is 0.0242. The Balaban J connectivity index is 1.20. The van der Waals surface area contributed by atoms with E-state index >= 15 is 0 Å². The number of aromatic amines is 1. The van der Waals surface area contributed by atoms with Crippen molar-refractivity contribution in [2.75, 3.05) is 6.54 Å². The Hall–Kier alpha value is -4.01. The van der Waals surface area contributed by atoms with Crippen LogP contribution in [-0.2, 0) is 13.1 Å². The third-order valence-corrected chi connectivity index (χ3v) is 6.97. The van der Waals surface area contributed by atoms with Crippen molar-refractivity contribution in [3.63, 3.8) is 0 Å². The van der Waals surface area contributed by atoms with Crippen molar-refractivity contribution in [1.82, 2.24) is 29.6 Å². The number of nitrogens with one attached hydrogen (secondary N) is 1. The summed E-state index contributed by atoms with van der Waals surface area (Å²) in [4.78, 5) is 34.5. The zero-order chi connectivity index (χ0) is 23.2. The summed E-state index contributed by atoms with van der Waals surface area (Å²) in [6.07, 6.45) is 4.88. The van der Waals surface area contributed by atoms with Gasteiger partial charge in [-0.2, -0.15) is 0 Å². The molecule has 1 aliphatic carbocycles. The number of hydrogen-bond donors (Lipinski definition) is 2. The van der Waals surface area contributed by atoms with Gasteiger partial charge in [-0.25, -0.2) is 4.98 Å². The van der Waals surface area contributed by atoms with Crippen LogP contribution < -0.4 is 5.73 Å². The first-order valence-electron chi connectivity index (χ1n) is 11.7. The zero-order valence-corrected chi connectivity index (χ0v) is 18.7. The van der Waals surface area contributed by atoms with Crippen LogP contribution in [0.5, 0.6) is 0 Å². The maximum atomic E-state index is 13.2. The lowest BCUT2D eigenvalue weighted by Gasteiger charge is -2.28. The van der Waals surface area contributed by atoms with E-state index in [0.29, 0.717) is 41.5 Å². The number of carbonyl (C=O) groups excluding carboxylic acids is 2. The van der Waals surface area contributed by atoms with Crippen LogP contribution in [0.1, 0.15) is 64.0 Å². The fraction of sp³-hybridized carbons (Fsp3) is 0.320. The highest BCUT2D eigenvalue weighted by Gasteiger charge is 2.29. The minimum Gasteiger partial charge on any atom is -0.366 e. The number of rotatable bonds is 4. The molecule has 2 aliphatic rings. The summed E-state index contributed by atoms with van der Waals surface area (Å²) >= 11 is 0. The van der Waals surface area contributed by atoms with Crippen LogP contribution >= 0.6 is 0 Å².